The summed E-state index contributed by atoms with van der Waals surface area (Å²) in [6.07, 6.45) is 0. The van der Waals surface area contributed by atoms with E-state index in [1.54, 1.807) is 0 Å². The molecule has 0 amide bonds. The van der Waals surface area contributed by atoms with E-state index in [0.29, 0.717) is 11.1 Å². The zero-order chi connectivity index (χ0) is 30.5. The van der Waals surface area contributed by atoms with Gasteiger partial charge in [-0.15, -0.1) is 0 Å². The molecule has 0 fully saturated rings. The Balaban J connectivity index is 1.63. The molecule has 0 aliphatic rings. The van der Waals surface area contributed by atoms with Gasteiger partial charge in [-0.2, -0.15) is 10.5 Å². The molecule has 0 saturated carbocycles. The van der Waals surface area contributed by atoms with Gasteiger partial charge in [-0.05, 0) is 105 Å². The van der Waals surface area contributed by atoms with E-state index in [9.17, 15) is 10.5 Å². The predicted octanol–water partition coefficient (Wildman–Crippen LogP) is 11.7. The molecule has 0 N–H and O–H groups in total. The van der Waals surface area contributed by atoms with Gasteiger partial charge in [0.15, 0.2) is 0 Å². The second-order valence-electron chi connectivity index (χ2n) is 12.1. The fourth-order valence-electron chi connectivity index (χ4n) is 8.29. The average Bonchev–Trinajstić information content (AvgIpc) is 3.62. The van der Waals surface area contributed by atoms with Crippen molar-refractivity contribution in [3.63, 3.8) is 0 Å². The maximum absolute atomic E-state index is 10.5. The van der Waals surface area contributed by atoms with Crippen molar-refractivity contribution in [2.75, 3.05) is 0 Å². The maximum atomic E-state index is 10.5. The Morgan fingerprint density at radius 2 is 0.804 bits per heavy atom. The summed E-state index contributed by atoms with van der Waals surface area (Å²) >= 11 is 0. The van der Waals surface area contributed by atoms with Crippen LogP contribution in [0.5, 0.6) is 0 Å². The largest absolute Gasteiger partial charge is 0.192 e. The summed E-state index contributed by atoms with van der Waals surface area (Å²) in [7, 11) is 0. The Morgan fingerprint density at radius 3 is 1.46 bits per heavy atom. The molecule has 10 aromatic rings. The molecule has 46 heavy (non-hydrogen) atoms. The van der Waals surface area contributed by atoms with Crippen LogP contribution in [0.1, 0.15) is 11.1 Å². The SMILES string of the molecule is N#Cc1ccccc1-c1c2cc3c4ccccc4c4cccc(c2c(-c2ccccc2C#N)c2c5cccc6cccc(c12)c65)c43. The number of hydrogen-bond acceptors (Lipinski definition) is 2. The first-order chi connectivity index (χ1) is 22.8. The van der Waals surface area contributed by atoms with Crippen LogP contribution in [0, 0.1) is 22.7 Å². The molecule has 10 rings (SSSR count). The lowest BCUT2D eigenvalue weighted by molar-refractivity contribution is 1.48. The van der Waals surface area contributed by atoms with Crippen LogP contribution < -0.4 is 0 Å². The number of fused-ring (bicyclic) bond motifs is 8. The van der Waals surface area contributed by atoms with Crippen LogP contribution in [0.4, 0.5) is 0 Å². The third-order valence-corrected chi connectivity index (χ3v) is 10.0. The van der Waals surface area contributed by atoms with E-state index in [4.69, 9.17) is 0 Å². The smallest absolute Gasteiger partial charge is 0.0998 e. The first kappa shape index (κ1) is 24.9. The summed E-state index contributed by atoms with van der Waals surface area (Å²) in [5.41, 5.74) is 5.27. The molecule has 0 aromatic heterocycles. The van der Waals surface area contributed by atoms with E-state index in [0.717, 1.165) is 60.0 Å². The van der Waals surface area contributed by atoms with Crippen molar-refractivity contribution in [2.24, 2.45) is 0 Å². The molecule has 0 unspecified atom stereocenters. The third kappa shape index (κ3) is 3.03. The Bertz CT molecular complexity index is 2980. The van der Waals surface area contributed by atoms with Gasteiger partial charge in [-0.3, -0.25) is 0 Å². The van der Waals surface area contributed by atoms with Crippen LogP contribution in [0.15, 0.2) is 133 Å². The zero-order valence-corrected chi connectivity index (χ0v) is 24.6. The first-order valence-electron chi connectivity index (χ1n) is 15.5. The lowest BCUT2D eigenvalue weighted by Gasteiger charge is -2.20. The second-order valence-corrected chi connectivity index (χ2v) is 12.1. The van der Waals surface area contributed by atoms with E-state index >= 15 is 0 Å². The Kier molecular flexibility index (Phi) is 4.89. The van der Waals surface area contributed by atoms with Gasteiger partial charge < -0.3 is 0 Å². The zero-order valence-electron chi connectivity index (χ0n) is 24.6. The number of nitriles is 2. The first-order valence-corrected chi connectivity index (χ1v) is 15.5. The molecule has 0 aliphatic heterocycles. The van der Waals surface area contributed by atoms with E-state index in [1.807, 2.05) is 36.4 Å². The Labute approximate surface area is 264 Å². The highest BCUT2D eigenvalue weighted by Crippen LogP contribution is 2.55. The van der Waals surface area contributed by atoms with Gasteiger partial charge in [0.25, 0.3) is 0 Å². The topological polar surface area (TPSA) is 47.6 Å². The standard InChI is InChI=1S/C44H22N2/c45-23-26-10-1-3-14-28(26)40-37-22-36-31-17-6-5-16-30(31)32-18-9-21-35(39(32)36)41(37)42(29-15-4-2-11-27(29)24-46)44-34-20-8-13-25-12-7-19-33(38(25)34)43(40)44/h1-22H. The molecule has 0 aliphatic carbocycles. The van der Waals surface area contributed by atoms with Gasteiger partial charge in [0, 0.05) is 11.1 Å². The van der Waals surface area contributed by atoms with Gasteiger partial charge in [0.1, 0.15) is 0 Å². The number of nitrogens with zero attached hydrogens (tertiary/aromatic N) is 2. The van der Waals surface area contributed by atoms with Crippen LogP contribution in [0.2, 0.25) is 0 Å². The molecule has 0 spiro atoms. The second kappa shape index (κ2) is 9.02. The van der Waals surface area contributed by atoms with Crippen molar-refractivity contribution in [2.45, 2.75) is 0 Å². The number of rotatable bonds is 2. The molecule has 0 heterocycles. The van der Waals surface area contributed by atoms with Crippen LogP contribution in [-0.4, -0.2) is 0 Å². The fourth-order valence-corrected chi connectivity index (χ4v) is 8.29. The van der Waals surface area contributed by atoms with Gasteiger partial charge in [0.05, 0.1) is 23.3 Å². The summed E-state index contributed by atoms with van der Waals surface area (Å²) in [6.45, 7) is 0. The minimum Gasteiger partial charge on any atom is -0.192 e. The molecular formula is C44H22N2. The van der Waals surface area contributed by atoms with Crippen LogP contribution in [-0.2, 0) is 0 Å². The van der Waals surface area contributed by atoms with Crippen molar-refractivity contribution in [1.29, 1.82) is 10.5 Å². The van der Waals surface area contributed by atoms with Crippen molar-refractivity contribution < 1.29 is 0 Å². The van der Waals surface area contributed by atoms with Crippen LogP contribution >= 0.6 is 0 Å². The van der Waals surface area contributed by atoms with E-state index < -0.39 is 0 Å². The van der Waals surface area contributed by atoms with Crippen LogP contribution in [0.3, 0.4) is 0 Å². The summed E-state index contributed by atoms with van der Waals surface area (Å²) in [5, 5.41) is 37.4. The van der Waals surface area contributed by atoms with Crippen molar-refractivity contribution in [3.8, 4) is 34.4 Å². The molecular weight excluding hydrogens is 556 g/mol. The third-order valence-electron chi connectivity index (χ3n) is 10.0. The minimum absolute atomic E-state index is 0.643. The van der Waals surface area contributed by atoms with Gasteiger partial charge in [0.2, 0.25) is 0 Å². The molecule has 0 bridgehead atoms. The summed E-state index contributed by atoms with van der Waals surface area (Å²) in [4.78, 5) is 0. The highest BCUT2D eigenvalue weighted by Gasteiger charge is 2.27. The van der Waals surface area contributed by atoms with Gasteiger partial charge in [-0.1, -0.05) is 115 Å². The summed E-state index contributed by atoms with van der Waals surface area (Å²) < 4.78 is 0. The maximum Gasteiger partial charge on any atom is 0.0998 e. The number of benzene rings is 8. The highest BCUT2D eigenvalue weighted by molar-refractivity contribution is 6.44. The lowest BCUT2D eigenvalue weighted by atomic mass is 9.82. The average molecular weight is 579 g/mol. The molecule has 2 heteroatoms. The predicted molar refractivity (Wildman–Crippen MR) is 192 cm³/mol. The quantitative estimate of drug-likeness (QED) is 0.192. The Morgan fingerprint density at radius 1 is 0.326 bits per heavy atom. The van der Waals surface area contributed by atoms with E-state index in [2.05, 4.69) is 109 Å². The monoisotopic (exact) mass is 578 g/mol. The van der Waals surface area contributed by atoms with E-state index in [1.165, 1.54) is 37.7 Å². The number of hydrogen-bond donors (Lipinski definition) is 0. The lowest BCUT2D eigenvalue weighted by Crippen LogP contribution is -1.94. The fraction of sp³-hybridized carbons (Fsp3) is 0. The summed E-state index contributed by atoms with van der Waals surface area (Å²) in [5.74, 6) is 0. The minimum atomic E-state index is 0.643. The molecule has 0 radical (unpaired) electrons. The van der Waals surface area contributed by atoms with Crippen LogP contribution in [0.25, 0.3) is 97.7 Å². The van der Waals surface area contributed by atoms with Crippen molar-refractivity contribution in [1.82, 2.24) is 0 Å². The van der Waals surface area contributed by atoms with Crippen molar-refractivity contribution >= 4 is 75.4 Å². The molecule has 208 valence electrons. The molecule has 2 nitrogen and oxygen atoms in total. The van der Waals surface area contributed by atoms with Gasteiger partial charge in [-0.25, -0.2) is 0 Å². The highest BCUT2D eigenvalue weighted by atomic mass is 14.3. The molecule has 0 saturated heterocycles. The normalized spacial score (nSPS) is 11.9. The molecule has 0 atom stereocenters. The van der Waals surface area contributed by atoms with Gasteiger partial charge >= 0.3 is 0 Å². The Hall–Kier alpha value is -6.48. The van der Waals surface area contributed by atoms with E-state index in [-0.39, 0.29) is 0 Å². The summed E-state index contributed by atoms with van der Waals surface area (Å²) in [6, 6.07) is 51.7. The van der Waals surface area contributed by atoms with Crippen molar-refractivity contribution in [3.05, 3.63) is 145 Å². The molecule has 10 aromatic carbocycles.